The summed E-state index contributed by atoms with van der Waals surface area (Å²) in [6.45, 7) is 3.52. The number of morpholine rings is 1. The van der Waals surface area contributed by atoms with E-state index >= 15 is 0 Å². The fourth-order valence-electron chi connectivity index (χ4n) is 4.38. The van der Waals surface area contributed by atoms with Crippen LogP contribution >= 0.6 is 0 Å². The van der Waals surface area contributed by atoms with Crippen molar-refractivity contribution in [2.24, 2.45) is 0 Å². The Labute approximate surface area is 189 Å². The van der Waals surface area contributed by atoms with Crippen LogP contribution < -0.4 is 9.47 Å². The lowest BCUT2D eigenvalue weighted by atomic mass is 9.93. The van der Waals surface area contributed by atoms with E-state index in [1.165, 1.54) is 19.3 Å². The number of aromatic nitrogens is 1. The van der Waals surface area contributed by atoms with Crippen LogP contribution in [-0.2, 0) is 21.7 Å². The predicted molar refractivity (Wildman–Crippen MR) is 120 cm³/mol. The quantitative estimate of drug-likeness (QED) is 0.649. The van der Waals surface area contributed by atoms with Gasteiger partial charge in [0.25, 0.3) is 0 Å². The number of rotatable bonds is 6. The lowest BCUT2D eigenvalue weighted by Gasteiger charge is -2.40. The Hall–Kier alpha value is -2.80. The average molecular weight is 441 g/mol. The highest BCUT2D eigenvalue weighted by atomic mass is 16.6. The molecule has 1 saturated carbocycles. The van der Waals surface area contributed by atoms with Crippen molar-refractivity contribution in [1.82, 2.24) is 9.88 Å². The molecule has 1 amide bonds. The van der Waals surface area contributed by atoms with Crippen molar-refractivity contribution in [1.29, 1.82) is 0 Å². The van der Waals surface area contributed by atoms with E-state index in [-0.39, 0.29) is 18.8 Å². The molecule has 0 radical (unpaired) electrons. The maximum atomic E-state index is 12.7. The van der Waals surface area contributed by atoms with Crippen molar-refractivity contribution < 1.29 is 23.7 Å². The van der Waals surface area contributed by atoms with Gasteiger partial charge in [0, 0.05) is 24.5 Å². The molecule has 32 heavy (non-hydrogen) atoms. The first-order valence-corrected chi connectivity index (χ1v) is 11.4. The van der Waals surface area contributed by atoms with Gasteiger partial charge in [-0.3, -0.25) is 4.98 Å². The number of amides is 1. The van der Waals surface area contributed by atoms with E-state index in [9.17, 15) is 4.79 Å². The Morgan fingerprint density at radius 2 is 2.06 bits per heavy atom. The number of pyridine rings is 1. The number of carbonyl (C=O) groups excluding carboxylic acids is 1. The number of nitrogens with zero attached hydrogens (tertiary/aromatic N) is 2. The van der Waals surface area contributed by atoms with E-state index in [4.69, 9.17) is 18.9 Å². The molecule has 4 rings (SSSR count). The molecule has 1 aliphatic carbocycles. The summed E-state index contributed by atoms with van der Waals surface area (Å²) in [5, 5.41) is 0. The largest absolute Gasteiger partial charge is 0.493 e. The number of ether oxygens (including phenoxy) is 4. The summed E-state index contributed by atoms with van der Waals surface area (Å²) in [5.41, 5.74) is 1.15. The maximum Gasteiger partial charge on any atom is 0.410 e. The van der Waals surface area contributed by atoms with Gasteiger partial charge in [-0.15, -0.1) is 0 Å². The molecule has 1 unspecified atom stereocenters. The van der Waals surface area contributed by atoms with Crippen molar-refractivity contribution in [3.8, 4) is 11.5 Å². The number of methoxy groups -OCH3 is 1. The highest BCUT2D eigenvalue weighted by Crippen LogP contribution is 2.37. The number of hydrogen-bond acceptors (Lipinski definition) is 6. The summed E-state index contributed by atoms with van der Waals surface area (Å²) in [4.78, 5) is 18.5. The molecule has 2 aromatic rings. The summed E-state index contributed by atoms with van der Waals surface area (Å²) in [7, 11) is 1.65. The summed E-state index contributed by atoms with van der Waals surface area (Å²) < 4.78 is 23.5. The molecular weight excluding hydrogens is 408 g/mol. The van der Waals surface area contributed by atoms with Gasteiger partial charge in [-0.2, -0.15) is 0 Å². The smallest absolute Gasteiger partial charge is 0.410 e. The fraction of sp³-hybridized carbons (Fsp3) is 0.520. The van der Waals surface area contributed by atoms with Crippen LogP contribution in [0.3, 0.4) is 0 Å². The van der Waals surface area contributed by atoms with Gasteiger partial charge in [0.05, 0.1) is 26.4 Å². The van der Waals surface area contributed by atoms with E-state index < -0.39 is 5.60 Å². The summed E-state index contributed by atoms with van der Waals surface area (Å²) in [6.07, 6.45) is 9.06. The second-order valence-electron chi connectivity index (χ2n) is 8.66. The molecule has 2 fully saturated rings. The molecule has 1 saturated heterocycles. The van der Waals surface area contributed by atoms with Crippen LogP contribution in [-0.4, -0.2) is 48.9 Å². The highest BCUT2D eigenvalue weighted by molar-refractivity contribution is 5.68. The molecule has 0 bridgehead atoms. The molecule has 7 heteroatoms. The molecule has 7 nitrogen and oxygen atoms in total. The van der Waals surface area contributed by atoms with Gasteiger partial charge in [-0.05, 0) is 56.4 Å². The van der Waals surface area contributed by atoms with Crippen molar-refractivity contribution in [3.63, 3.8) is 0 Å². The van der Waals surface area contributed by atoms with Gasteiger partial charge in [-0.25, -0.2) is 4.79 Å². The topological polar surface area (TPSA) is 70.1 Å². The Bertz CT molecular complexity index is 900. The van der Waals surface area contributed by atoms with E-state index in [0.29, 0.717) is 25.4 Å². The van der Waals surface area contributed by atoms with Crippen molar-refractivity contribution in [3.05, 3.63) is 53.9 Å². The third-order valence-electron chi connectivity index (χ3n) is 6.24. The first-order chi connectivity index (χ1) is 15.6. The number of carbonyl (C=O) groups is 1. The third-order valence-corrected chi connectivity index (χ3v) is 6.24. The molecule has 1 atom stereocenters. The molecule has 172 valence electrons. The summed E-state index contributed by atoms with van der Waals surface area (Å²) in [6, 6.07) is 9.61. The molecule has 1 aromatic heterocycles. The molecule has 1 aliphatic heterocycles. The zero-order valence-electron chi connectivity index (χ0n) is 18.9. The third kappa shape index (κ3) is 5.33. The van der Waals surface area contributed by atoms with Gasteiger partial charge in [0.1, 0.15) is 12.2 Å². The van der Waals surface area contributed by atoms with Crippen LogP contribution in [0.25, 0.3) is 0 Å². The Kier molecular flexibility index (Phi) is 7.15. The van der Waals surface area contributed by atoms with Crippen LogP contribution in [0.5, 0.6) is 11.5 Å². The van der Waals surface area contributed by atoms with Crippen molar-refractivity contribution >= 4 is 6.09 Å². The SMILES string of the molecule is COc1ccc(C2(C)CN(C(=O)OCc3cccnc3)CCO2)cc1OC1CCCCC1. The number of benzene rings is 1. The standard InChI is InChI=1S/C25H32N2O5/c1-25(18-27(13-14-31-25)24(28)30-17-19-7-6-12-26-16-19)20-10-11-22(29-2)23(15-20)32-21-8-4-3-5-9-21/h6-7,10-12,15-16,21H,3-5,8-9,13-14,17-18H2,1-2H3. The van der Waals surface area contributed by atoms with Crippen molar-refractivity contribution in [2.75, 3.05) is 26.8 Å². The van der Waals surface area contributed by atoms with Gasteiger partial charge >= 0.3 is 6.09 Å². The van der Waals surface area contributed by atoms with Crippen molar-refractivity contribution in [2.45, 2.75) is 57.3 Å². The lowest BCUT2D eigenvalue weighted by molar-refractivity contribution is -0.0980. The zero-order valence-corrected chi connectivity index (χ0v) is 18.9. The maximum absolute atomic E-state index is 12.7. The van der Waals surface area contributed by atoms with Crippen LogP contribution in [0.2, 0.25) is 0 Å². The Morgan fingerprint density at radius 3 is 2.81 bits per heavy atom. The van der Waals surface area contributed by atoms with Gasteiger partial charge in [0.2, 0.25) is 0 Å². The van der Waals surface area contributed by atoms with Crippen LogP contribution in [0, 0.1) is 0 Å². The second kappa shape index (κ2) is 10.2. The minimum atomic E-state index is -0.664. The van der Waals surface area contributed by atoms with Gasteiger partial charge < -0.3 is 23.8 Å². The molecule has 2 heterocycles. The average Bonchev–Trinajstić information content (AvgIpc) is 2.84. The van der Waals surface area contributed by atoms with Crippen LogP contribution in [0.15, 0.2) is 42.7 Å². The first kappa shape index (κ1) is 22.4. The summed E-state index contributed by atoms with van der Waals surface area (Å²) in [5.74, 6) is 1.45. The molecule has 0 N–H and O–H groups in total. The van der Waals surface area contributed by atoms with Gasteiger partial charge in [0.15, 0.2) is 11.5 Å². The first-order valence-electron chi connectivity index (χ1n) is 11.4. The van der Waals surface area contributed by atoms with E-state index in [0.717, 1.165) is 29.7 Å². The zero-order chi connectivity index (χ0) is 22.4. The lowest BCUT2D eigenvalue weighted by Crippen LogP contribution is -2.50. The van der Waals surface area contributed by atoms with E-state index in [1.54, 1.807) is 24.4 Å². The minimum absolute atomic E-state index is 0.197. The second-order valence-corrected chi connectivity index (χ2v) is 8.66. The Morgan fingerprint density at radius 1 is 1.22 bits per heavy atom. The fourth-order valence-corrected chi connectivity index (χ4v) is 4.38. The normalized spacial score (nSPS) is 21.8. The van der Waals surface area contributed by atoms with Gasteiger partial charge in [-0.1, -0.05) is 18.6 Å². The van der Waals surface area contributed by atoms with Crippen LogP contribution in [0.1, 0.15) is 50.2 Å². The molecule has 1 aromatic carbocycles. The highest BCUT2D eigenvalue weighted by Gasteiger charge is 2.37. The molecule has 2 aliphatic rings. The van der Waals surface area contributed by atoms with Crippen LogP contribution in [0.4, 0.5) is 4.79 Å². The monoisotopic (exact) mass is 440 g/mol. The minimum Gasteiger partial charge on any atom is -0.493 e. The molecule has 0 spiro atoms. The summed E-state index contributed by atoms with van der Waals surface area (Å²) >= 11 is 0. The number of hydrogen-bond donors (Lipinski definition) is 0. The molecular formula is C25H32N2O5. The van der Waals surface area contributed by atoms with E-state index in [2.05, 4.69) is 4.98 Å². The van der Waals surface area contributed by atoms with E-state index in [1.807, 2.05) is 37.3 Å². The Balaban J connectivity index is 1.45. The predicted octanol–water partition coefficient (Wildman–Crippen LogP) is 4.69.